The molecule has 2 aliphatic heterocycles. The Morgan fingerprint density at radius 2 is 1.72 bits per heavy atom. The lowest BCUT2D eigenvalue weighted by molar-refractivity contribution is -0.931. The van der Waals surface area contributed by atoms with E-state index in [1.54, 1.807) is 0 Å². The average Bonchev–Trinajstić information content (AvgIpc) is 3.07. The van der Waals surface area contributed by atoms with Crippen LogP contribution >= 0.6 is 0 Å². The van der Waals surface area contributed by atoms with Gasteiger partial charge >= 0.3 is 0 Å². The number of ether oxygens (including phenoxy) is 1. The summed E-state index contributed by atoms with van der Waals surface area (Å²) in [6, 6.07) is 7.98. The highest BCUT2D eigenvalue weighted by Crippen LogP contribution is 2.26. The zero-order valence-corrected chi connectivity index (χ0v) is 14.7. The number of nitrogens with zero attached hydrogens (tertiary/aromatic N) is 1. The van der Waals surface area contributed by atoms with Crippen LogP contribution in [0.15, 0.2) is 28.7 Å². The van der Waals surface area contributed by atoms with Crippen LogP contribution in [-0.2, 0) is 4.74 Å². The summed E-state index contributed by atoms with van der Waals surface area (Å²) in [4.78, 5) is 7.64. The van der Waals surface area contributed by atoms with E-state index in [9.17, 15) is 5.11 Å². The van der Waals surface area contributed by atoms with Crippen molar-refractivity contribution in [1.82, 2.24) is 4.98 Å². The summed E-state index contributed by atoms with van der Waals surface area (Å²) in [7, 11) is 0. The van der Waals surface area contributed by atoms with Crippen LogP contribution in [0.4, 0.5) is 0 Å². The molecule has 2 fully saturated rings. The van der Waals surface area contributed by atoms with Crippen LogP contribution in [0.1, 0.15) is 24.7 Å². The molecule has 0 spiro atoms. The SMILES string of the molecule is O[C@H](C[NH+]1CCOCC1)C[NH+]1CCC(c2nc3ccccc3o2)CC1. The summed E-state index contributed by atoms with van der Waals surface area (Å²) < 4.78 is 11.3. The van der Waals surface area contributed by atoms with E-state index in [4.69, 9.17) is 9.15 Å². The molecule has 0 unspecified atom stereocenters. The van der Waals surface area contributed by atoms with E-state index >= 15 is 0 Å². The number of likely N-dealkylation sites (tertiary alicyclic amines) is 1. The quantitative estimate of drug-likeness (QED) is 0.640. The minimum Gasteiger partial charge on any atom is -0.440 e. The summed E-state index contributed by atoms with van der Waals surface area (Å²) in [5, 5.41) is 10.4. The number of nitrogens with one attached hydrogen (secondary N) is 2. The molecule has 3 N–H and O–H groups in total. The molecule has 0 saturated carbocycles. The van der Waals surface area contributed by atoms with E-state index in [-0.39, 0.29) is 6.10 Å². The molecule has 2 saturated heterocycles. The molecule has 25 heavy (non-hydrogen) atoms. The molecule has 0 radical (unpaired) electrons. The van der Waals surface area contributed by atoms with Crippen LogP contribution in [-0.4, -0.2) is 68.7 Å². The third kappa shape index (κ3) is 4.20. The lowest BCUT2D eigenvalue weighted by Crippen LogP contribution is -3.18. The number of para-hydroxylation sites is 2. The Labute approximate surface area is 148 Å². The van der Waals surface area contributed by atoms with E-state index in [2.05, 4.69) is 4.98 Å². The molecule has 6 nitrogen and oxygen atoms in total. The monoisotopic (exact) mass is 347 g/mol. The molecule has 136 valence electrons. The number of oxazole rings is 1. The van der Waals surface area contributed by atoms with Crippen LogP contribution in [0, 0.1) is 0 Å². The predicted octanol–water partition coefficient (Wildman–Crippen LogP) is -1.13. The topological polar surface area (TPSA) is 64.4 Å². The first kappa shape index (κ1) is 17.0. The van der Waals surface area contributed by atoms with Gasteiger partial charge in [-0.3, -0.25) is 0 Å². The maximum Gasteiger partial charge on any atom is 0.199 e. The highest BCUT2D eigenvalue weighted by Gasteiger charge is 2.29. The Balaban J connectivity index is 1.26. The number of aliphatic hydroxyl groups is 1. The van der Waals surface area contributed by atoms with Gasteiger partial charge in [-0.2, -0.15) is 0 Å². The Bertz CT molecular complexity index is 642. The molecule has 0 bridgehead atoms. The fourth-order valence-electron chi connectivity index (χ4n) is 4.14. The van der Waals surface area contributed by atoms with E-state index < -0.39 is 0 Å². The van der Waals surface area contributed by atoms with Crippen molar-refractivity contribution < 1.29 is 24.1 Å². The van der Waals surface area contributed by atoms with Gasteiger partial charge in [0.15, 0.2) is 17.6 Å². The molecule has 1 aromatic heterocycles. The molecular formula is C19H29N3O3+2. The molecule has 3 heterocycles. The van der Waals surface area contributed by atoms with Crippen molar-refractivity contribution in [2.45, 2.75) is 24.9 Å². The molecular weight excluding hydrogens is 318 g/mol. The summed E-state index contributed by atoms with van der Waals surface area (Å²) in [5.41, 5.74) is 1.84. The number of morpholine rings is 1. The number of fused-ring (bicyclic) bond motifs is 1. The molecule has 1 atom stereocenters. The molecule has 4 rings (SSSR count). The van der Waals surface area contributed by atoms with Crippen molar-refractivity contribution in [1.29, 1.82) is 0 Å². The smallest absolute Gasteiger partial charge is 0.199 e. The lowest BCUT2D eigenvalue weighted by Gasteiger charge is -2.31. The Morgan fingerprint density at radius 1 is 1.04 bits per heavy atom. The number of rotatable bonds is 5. The number of benzene rings is 1. The second-order valence-corrected chi connectivity index (χ2v) is 7.47. The van der Waals surface area contributed by atoms with Gasteiger partial charge in [0.05, 0.1) is 26.3 Å². The molecule has 2 aromatic rings. The number of aromatic nitrogens is 1. The van der Waals surface area contributed by atoms with Gasteiger partial charge in [-0.1, -0.05) is 12.1 Å². The van der Waals surface area contributed by atoms with Gasteiger partial charge in [0, 0.05) is 18.8 Å². The van der Waals surface area contributed by atoms with E-state index in [1.165, 1.54) is 9.80 Å². The third-order valence-electron chi connectivity index (χ3n) is 5.60. The fourth-order valence-corrected chi connectivity index (χ4v) is 4.14. The minimum atomic E-state index is -0.219. The number of piperidine rings is 1. The van der Waals surface area contributed by atoms with Gasteiger partial charge in [0.25, 0.3) is 0 Å². The molecule has 0 aliphatic carbocycles. The number of aliphatic hydroxyl groups excluding tert-OH is 1. The first-order valence-electron chi connectivity index (χ1n) is 9.56. The summed E-state index contributed by atoms with van der Waals surface area (Å²) in [6.45, 7) is 7.55. The van der Waals surface area contributed by atoms with Gasteiger partial charge in [-0.15, -0.1) is 0 Å². The first-order valence-corrected chi connectivity index (χ1v) is 9.56. The fraction of sp³-hybridized carbons (Fsp3) is 0.632. The second-order valence-electron chi connectivity index (χ2n) is 7.47. The minimum absolute atomic E-state index is 0.219. The van der Waals surface area contributed by atoms with Crippen molar-refractivity contribution in [3.05, 3.63) is 30.2 Å². The van der Waals surface area contributed by atoms with Gasteiger partial charge in [0.2, 0.25) is 0 Å². The summed E-state index contributed by atoms with van der Waals surface area (Å²) >= 11 is 0. The van der Waals surface area contributed by atoms with Gasteiger partial charge in [0.1, 0.15) is 31.7 Å². The van der Waals surface area contributed by atoms with Crippen molar-refractivity contribution >= 4 is 11.1 Å². The first-order chi connectivity index (χ1) is 12.3. The summed E-state index contributed by atoms with van der Waals surface area (Å²) in [6.07, 6.45) is 1.95. The van der Waals surface area contributed by atoms with Gasteiger partial charge in [-0.05, 0) is 12.1 Å². The Kier molecular flexibility index (Phi) is 5.31. The maximum absolute atomic E-state index is 10.4. The van der Waals surface area contributed by atoms with Crippen LogP contribution < -0.4 is 9.80 Å². The lowest BCUT2D eigenvalue weighted by atomic mass is 9.96. The van der Waals surface area contributed by atoms with Gasteiger partial charge < -0.3 is 24.1 Å². The van der Waals surface area contributed by atoms with Crippen molar-refractivity contribution in [2.75, 3.05) is 52.5 Å². The van der Waals surface area contributed by atoms with Crippen LogP contribution in [0.25, 0.3) is 11.1 Å². The maximum atomic E-state index is 10.4. The van der Waals surface area contributed by atoms with Crippen LogP contribution in [0.3, 0.4) is 0 Å². The zero-order valence-electron chi connectivity index (χ0n) is 14.7. The third-order valence-corrected chi connectivity index (χ3v) is 5.60. The Hall–Kier alpha value is -1.47. The number of hydrogen-bond acceptors (Lipinski definition) is 4. The van der Waals surface area contributed by atoms with E-state index in [1.807, 2.05) is 24.3 Å². The highest BCUT2D eigenvalue weighted by molar-refractivity contribution is 5.72. The predicted molar refractivity (Wildman–Crippen MR) is 93.9 cm³/mol. The largest absolute Gasteiger partial charge is 0.440 e. The molecule has 0 amide bonds. The average molecular weight is 347 g/mol. The summed E-state index contributed by atoms with van der Waals surface area (Å²) in [5.74, 6) is 1.30. The molecule has 2 aliphatic rings. The van der Waals surface area contributed by atoms with Crippen LogP contribution in [0.2, 0.25) is 0 Å². The standard InChI is InChI=1S/C19H27N3O3/c23-16(14-22-9-11-24-12-10-22)13-21-7-5-15(6-8-21)19-20-17-3-1-2-4-18(17)25-19/h1-4,15-16,23H,5-14H2/p+2/t16-/m0/s1. The zero-order chi connectivity index (χ0) is 17.1. The molecule has 1 aromatic carbocycles. The normalized spacial score (nSPS) is 26.8. The highest BCUT2D eigenvalue weighted by atomic mass is 16.5. The molecule has 6 heteroatoms. The van der Waals surface area contributed by atoms with Gasteiger partial charge in [-0.25, -0.2) is 4.98 Å². The van der Waals surface area contributed by atoms with Crippen molar-refractivity contribution in [3.63, 3.8) is 0 Å². The van der Waals surface area contributed by atoms with Crippen molar-refractivity contribution in [3.8, 4) is 0 Å². The van der Waals surface area contributed by atoms with Crippen molar-refractivity contribution in [2.24, 2.45) is 0 Å². The second kappa shape index (κ2) is 7.83. The van der Waals surface area contributed by atoms with Crippen LogP contribution in [0.5, 0.6) is 0 Å². The van der Waals surface area contributed by atoms with E-state index in [0.717, 1.165) is 82.3 Å². The number of hydrogen-bond donors (Lipinski definition) is 3. The Morgan fingerprint density at radius 3 is 2.44 bits per heavy atom. The number of quaternary nitrogens is 2. The van der Waals surface area contributed by atoms with E-state index in [0.29, 0.717) is 5.92 Å².